The topological polar surface area (TPSA) is 70.7 Å². The Kier molecular flexibility index (Phi) is 8.34. The summed E-state index contributed by atoms with van der Waals surface area (Å²) in [5.74, 6) is 0.609. The van der Waals surface area contributed by atoms with Crippen molar-refractivity contribution in [3.8, 4) is 5.75 Å². The molecule has 6 nitrogen and oxygen atoms in total. The molecule has 2 amide bonds. The van der Waals surface area contributed by atoms with Crippen molar-refractivity contribution in [1.29, 1.82) is 0 Å². The molecule has 0 aliphatic heterocycles. The molecule has 2 aromatic rings. The molecule has 0 aromatic heterocycles. The lowest BCUT2D eigenvalue weighted by Crippen LogP contribution is -2.30. The largest absolute Gasteiger partial charge is 0.494 e. The fraction of sp³-hybridized carbons (Fsp3) is 0.364. The van der Waals surface area contributed by atoms with Crippen LogP contribution in [-0.2, 0) is 4.79 Å². The number of hydrogen-bond donors (Lipinski definition) is 2. The molecule has 0 saturated heterocycles. The number of rotatable bonds is 10. The first-order valence-corrected chi connectivity index (χ1v) is 9.73. The standard InChI is InChI=1S/C22H29N3O3/c1-4-14-28-20-9-7-8-19(15-20)23-16-21(26)24-18-12-10-17(11-13-18)22(27)25(5-2)6-3/h7-13,15,23H,4-6,14,16H2,1-3H3,(H,24,26). The van der Waals surface area contributed by atoms with Crippen LogP contribution in [-0.4, -0.2) is 43.0 Å². The van der Waals surface area contributed by atoms with E-state index in [1.165, 1.54) is 0 Å². The van der Waals surface area contributed by atoms with Crippen LogP contribution in [0.25, 0.3) is 0 Å². The monoisotopic (exact) mass is 383 g/mol. The van der Waals surface area contributed by atoms with Gasteiger partial charge in [0.1, 0.15) is 5.75 Å². The van der Waals surface area contributed by atoms with Gasteiger partial charge in [-0.05, 0) is 56.7 Å². The predicted octanol–water partition coefficient (Wildman–Crippen LogP) is 4.01. The minimum absolute atomic E-state index is 0.00489. The van der Waals surface area contributed by atoms with Gasteiger partial charge in [0, 0.05) is 36.1 Å². The van der Waals surface area contributed by atoms with E-state index in [0.29, 0.717) is 30.9 Å². The first-order chi connectivity index (χ1) is 13.6. The Morgan fingerprint density at radius 1 is 0.964 bits per heavy atom. The zero-order valence-electron chi connectivity index (χ0n) is 16.8. The fourth-order valence-corrected chi connectivity index (χ4v) is 2.69. The first-order valence-electron chi connectivity index (χ1n) is 9.73. The summed E-state index contributed by atoms with van der Waals surface area (Å²) in [5.41, 5.74) is 2.09. The van der Waals surface area contributed by atoms with Crippen molar-refractivity contribution in [1.82, 2.24) is 4.90 Å². The summed E-state index contributed by atoms with van der Waals surface area (Å²) >= 11 is 0. The summed E-state index contributed by atoms with van der Waals surface area (Å²) in [5, 5.41) is 5.92. The smallest absolute Gasteiger partial charge is 0.253 e. The van der Waals surface area contributed by atoms with Crippen LogP contribution in [0.2, 0.25) is 0 Å². The van der Waals surface area contributed by atoms with Gasteiger partial charge >= 0.3 is 0 Å². The van der Waals surface area contributed by atoms with E-state index in [2.05, 4.69) is 17.6 Å². The maximum absolute atomic E-state index is 12.3. The SMILES string of the molecule is CCCOc1cccc(NCC(=O)Nc2ccc(C(=O)N(CC)CC)cc2)c1. The van der Waals surface area contributed by atoms with E-state index in [0.717, 1.165) is 17.9 Å². The van der Waals surface area contributed by atoms with Gasteiger partial charge in [-0.1, -0.05) is 13.0 Å². The van der Waals surface area contributed by atoms with Crippen LogP contribution in [0.15, 0.2) is 48.5 Å². The molecule has 2 aromatic carbocycles. The number of carbonyl (C=O) groups is 2. The highest BCUT2D eigenvalue weighted by atomic mass is 16.5. The summed E-state index contributed by atoms with van der Waals surface area (Å²) in [6.07, 6.45) is 0.944. The van der Waals surface area contributed by atoms with Crippen LogP contribution < -0.4 is 15.4 Å². The molecule has 2 N–H and O–H groups in total. The van der Waals surface area contributed by atoms with Gasteiger partial charge in [-0.3, -0.25) is 9.59 Å². The van der Waals surface area contributed by atoms with Crippen LogP contribution in [0.1, 0.15) is 37.6 Å². The molecular weight excluding hydrogens is 354 g/mol. The number of anilines is 2. The zero-order chi connectivity index (χ0) is 20.4. The third-order valence-corrected chi connectivity index (χ3v) is 4.23. The summed E-state index contributed by atoms with van der Waals surface area (Å²) < 4.78 is 5.59. The summed E-state index contributed by atoms with van der Waals surface area (Å²) in [7, 11) is 0. The molecule has 28 heavy (non-hydrogen) atoms. The first kappa shape index (κ1) is 21.3. The molecule has 0 saturated carbocycles. The highest BCUT2D eigenvalue weighted by molar-refractivity contribution is 5.96. The number of amides is 2. The van der Waals surface area contributed by atoms with Gasteiger partial charge in [0.25, 0.3) is 5.91 Å². The Morgan fingerprint density at radius 3 is 2.32 bits per heavy atom. The molecule has 0 fully saturated rings. The second-order valence-electron chi connectivity index (χ2n) is 6.33. The Labute approximate surface area is 166 Å². The van der Waals surface area contributed by atoms with Crippen molar-refractivity contribution in [2.24, 2.45) is 0 Å². The minimum Gasteiger partial charge on any atom is -0.494 e. The number of nitrogens with one attached hydrogen (secondary N) is 2. The molecule has 2 rings (SSSR count). The Hall–Kier alpha value is -3.02. The van der Waals surface area contributed by atoms with Gasteiger partial charge in [0.2, 0.25) is 5.91 Å². The van der Waals surface area contributed by atoms with E-state index >= 15 is 0 Å². The lowest BCUT2D eigenvalue weighted by Gasteiger charge is -2.18. The Balaban J connectivity index is 1.87. The van der Waals surface area contributed by atoms with Gasteiger partial charge in [-0.15, -0.1) is 0 Å². The summed E-state index contributed by atoms with van der Waals surface area (Å²) in [6.45, 7) is 8.10. The molecule has 0 spiro atoms. The second-order valence-corrected chi connectivity index (χ2v) is 6.33. The van der Waals surface area contributed by atoms with Crippen molar-refractivity contribution in [3.05, 3.63) is 54.1 Å². The maximum Gasteiger partial charge on any atom is 0.253 e. The Bertz CT molecular complexity index is 771. The quantitative estimate of drug-likeness (QED) is 0.650. The van der Waals surface area contributed by atoms with Crippen LogP contribution in [0.5, 0.6) is 5.75 Å². The number of benzene rings is 2. The second kappa shape index (κ2) is 11.0. The summed E-state index contributed by atoms with van der Waals surface area (Å²) in [6, 6.07) is 14.5. The number of ether oxygens (including phenoxy) is 1. The van der Waals surface area contributed by atoms with Crippen molar-refractivity contribution in [2.45, 2.75) is 27.2 Å². The summed E-state index contributed by atoms with van der Waals surface area (Å²) in [4.78, 5) is 26.3. The highest BCUT2D eigenvalue weighted by Crippen LogP contribution is 2.17. The number of nitrogens with zero attached hydrogens (tertiary/aromatic N) is 1. The van der Waals surface area contributed by atoms with Crippen molar-refractivity contribution in [2.75, 3.05) is 36.9 Å². The average Bonchev–Trinajstić information content (AvgIpc) is 2.72. The lowest BCUT2D eigenvalue weighted by molar-refractivity contribution is -0.114. The normalized spacial score (nSPS) is 10.2. The molecule has 6 heteroatoms. The fourth-order valence-electron chi connectivity index (χ4n) is 2.69. The molecule has 0 heterocycles. The van der Waals surface area contributed by atoms with Crippen molar-refractivity contribution < 1.29 is 14.3 Å². The number of carbonyl (C=O) groups excluding carboxylic acids is 2. The molecule has 0 aliphatic carbocycles. The predicted molar refractivity (Wildman–Crippen MR) is 113 cm³/mol. The average molecular weight is 383 g/mol. The third kappa shape index (κ3) is 6.30. The highest BCUT2D eigenvalue weighted by Gasteiger charge is 2.12. The van der Waals surface area contributed by atoms with Gasteiger partial charge in [0.05, 0.1) is 13.2 Å². The van der Waals surface area contributed by atoms with Crippen LogP contribution in [0, 0.1) is 0 Å². The van der Waals surface area contributed by atoms with Crippen molar-refractivity contribution >= 4 is 23.2 Å². The molecular formula is C22H29N3O3. The van der Waals surface area contributed by atoms with E-state index in [9.17, 15) is 9.59 Å². The molecule has 0 aliphatic rings. The Morgan fingerprint density at radius 2 is 1.68 bits per heavy atom. The van der Waals surface area contributed by atoms with Gasteiger partial charge in [0.15, 0.2) is 0 Å². The molecule has 0 unspecified atom stereocenters. The van der Waals surface area contributed by atoms with E-state index in [4.69, 9.17) is 4.74 Å². The molecule has 0 atom stereocenters. The van der Waals surface area contributed by atoms with Gasteiger partial charge in [-0.25, -0.2) is 0 Å². The minimum atomic E-state index is -0.164. The van der Waals surface area contributed by atoms with E-state index in [1.807, 2.05) is 38.1 Å². The molecule has 0 radical (unpaired) electrons. The van der Waals surface area contributed by atoms with E-state index in [-0.39, 0.29) is 18.4 Å². The number of hydrogen-bond acceptors (Lipinski definition) is 4. The maximum atomic E-state index is 12.3. The zero-order valence-corrected chi connectivity index (χ0v) is 16.8. The van der Waals surface area contributed by atoms with Gasteiger partial charge < -0.3 is 20.3 Å². The molecule has 0 bridgehead atoms. The van der Waals surface area contributed by atoms with Crippen LogP contribution in [0.4, 0.5) is 11.4 Å². The van der Waals surface area contributed by atoms with Gasteiger partial charge in [-0.2, -0.15) is 0 Å². The van der Waals surface area contributed by atoms with E-state index in [1.54, 1.807) is 29.2 Å². The third-order valence-electron chi connectivity index (χ3n) is 4.23. The van der Waals surface area contributed by atoms with Crippen LogP contribution >= 0.6 is 0 Å². The lowest BCUT2D eigenvalue weighted by atomic mass is 10.1. The molecule has 150 valence electrons. The van der Waals surface area contributed by atoms with Crippen molar-refractivity contribution in [3.63, 3.8) is 0 Å². The van der Waals surface area contributed by atoms with E-state index < -0.39 is 0 Å². The van der Waals surface area contributed by atoms with Crippen LogP contribution in [0.3, 0.4) is 0 Å².